The molecule has 6 heteroatoms. The van der Waals surface area contributed by atoms with E-state index in [0.29, 0.717) is 0 Å². The monoisotopic (exact) mass is 236 g/mol. The minimum absolute atomic E-state index is 0.0130. The molecule has 0 saturated carbocycles. The van der Waals surface area contributed by atoms with Crippen LogP contribution < -0.4 is 0 Å². The van der Waals surface area contributed by atoms with Crippen LogP contribution in [-0.4, -0.2) is 4.98 Å². The van der Waals surface area contributed by atoms with Crippen molar-refractivity contribution in [2.75, 3.05) is 0 Å². The third kappa shape index (κ3) is 1.94. The van der Waals surface area contributed by atoms with Crippen molar-refractivity contribution in [3.05, 3.63) is 28.0 Å². The molecule has 0 aliphatic rings. The van der Waals surface area contributed by atoms with Crippen LogP contribution in [-0.2, 0) is 5.88 Å². The summed E-state index contributed by atoms with van der Waals surface area (Å²) < 4.78 is 24.8. The Balaban J connectivity index is 3.43. The molecule has 0 spiro atoms. The van der Waals surface area contributed by atoms with Gasteiger partial charge in [0.25, 0.3) is 6.43 Å². The van der Waals surface area contributed by atoms with E-state index in [1.807, 2.05) is 0 Å². The van der Waals surface area contributed by atoms with Gasteiger partial charge in [0, 0.05) is 11.8 Å². The van der Waals surface area contributed by atoms with Crippen LogP contribution in [0.2, 0.25) is 5.15 Å². The molecule has 0 aliphatic carbocycles. The molecule has 0 N–H and O–H groups in total. The SMILES string of the molecule is N#Cc1c(C(F)F)cnc(Cl)c1CCl. The van der Waals surface area contributed by atoms with Gasteiger partial charge >= 0.3 is 0 Å². The van der Waals surface area contributed by atoms with Gasteiger partial charge in [-0.05, 0) is 0 Å². The Morgan fingerprint density at radius 1 is 1.57 bits per heavy atom. The van der Waals surface area contributed by atoms with Gasteiger partial charge in [-0.2, -0.15) is 5.26 Å². The molecule has 0 radical (unpaired) electrons. The number of alkyl halides is 3. The van der Waals surface area contributed by atoms with Crippen LogP contribution in [0.1, 0.15) is 23.1 Å². The Bertz CT molecular complexity index is 388. The minimum Gasteiger partial charge on any atom is -0.244 e. The molecular formula is C8H4Cl2F2N2. The van der Waals surface area contributed by atoms with Gasteiger partial charge in [0.15, 0.2) is 0 Å². The van der Waals surface area contributed by atoms with Gasteiger partial charge < -0.3 is 0 Å². The average molecular weight is 237 g/mol. The molecule has 1 heterocycles. The van der Waals surface area contributed by atoms with E-state index in [0.717, 1.165) is 6.20 Å². The second kappa shape index (κ2) is 4.54. The van der Waals surface area contributed by atoms with Gasteiger partial charge in [-0.25, -0.2) is 13.8 Å². The van der Waals surface area contributed by atoms with E-state index in [4.69, 9.17) is 28.5 Å². The Hall–Kier alpha value is -0.920. The van der Waals surface area contributed by atoms with Gasteiger partial charge in [0.05, 0.1) is 17.0 Å². The van der Waals surface area contributed by atoms with Gasteiger partial charge in [-0.1, -0.05) is 11.6 Å². The molecule has 74 valence electrons. The molecule has 0 fully saturated rings. The number of hydrogen-bond donors (Lipinski definition) is 0. The fourth-order valence-corrected chi connectivity index (χ4v) is 1.50. The van der Waals surface area contributed by atoms with Gasteiger partial charge in [-0.15, -0.1) is 11.6 Å². The zero-order valence-electron chi connectivity index (χ0n) is 6.77. The third-order valence-electron chi connectivity index (χ3n) is 1.64. The second-order valence-electron chi connectivity index (χ2n) is 2.40. The lowest BCUT2D eigenvalue weighted by molar-refractivity contribution is 0.150. The van der Waals surface area contributed by atoms with Crippen LogP contribution in [0.3, 0.4) is 0 Å². The standard InChI is InChI=1S/C8H4Cl2F2N2/c9-1-4-5(2-13)6(8(11)12)3-14-7(4)10/h3,8H,1H2. The van der Waals surface area contributed by atoms with Crippen LogP contribution in [0.15, 0.2) is 6.20 Å². The van der Waals surface area contributed by atoms with E-state index in [9.17, 15) is 8.78 Å². The van der Waals surface area contributed by atoms with Crippen molar-refractivity contribution in [3.63, 3.8) is 0 Å². The van der Waals surface area contributed by atoms with E-state index in [2.05, 4.69) is 4.98 Å². The summed E-state index contributed by atoms with van der Waals surface area (Å²) in [4.78, 5) is 3.53. The maximum absolute atomic E-state index is 12.4. The predicted molar refractivity (Wildman–Crippen MR) is 48.5 cm³/mol. The predicted octanol–water partition coefficient (Wildman–Crippen LogP) is 3.28. The largest absolute Gasteiger partial charge is 0.266 e. The average Bonchev–Trinajstić information content (AvgIpc) is 2.16. The first kappa shape index (κ1) is 11.2. The molecule has 1 rings (SSSR count). The third-order valence-corrected chi connectivity index (χ3v) is 2.23. The summed E-state index contributed by atoms with van der Waals surface area (Å²) in [5, 5.41) is 8.66. The summed E-state index contributed by atoms with van der Waals surface area (Å²) in [5.41, 5.74) is -0.476. The van der Waals surface area contributed by atoms with Crippen molar-refractivity contribution in [2.45, 2.75) is 12.3 Å². The molecule has 0 unspecified atom stereocenters. The summed E-state index contributed by atoms with van der Waals surface area (Å²) >= 11 is 11.1. The number of halogens is 4. The summed E-state index contributed by atoms with van der Waals surface area (Å²) in [6.07, 6.45) is -1.86. The Morgan fingerprint density at radius 2 is 2.21 bits per heavy atom. The number of nitrogens with zero attached hydrogens (tertiary/aromatic N) is 2. The van der Waals surface area contributed by atoms with Crippen LogP contribution in [0.4, 0.5) is 8.78 Å². The highest BCUT2D eigenvalue weighted by Crippen LogP contribution is 2.28. The maximum atomic E-state index is 12.4. The zero-order chi connectivity index (χ0) is 10.7. The molecule has 14 heavy (non-hydrogen) atoms. The van der Waals surface area contributed by atoms with Crippen molar-refractivity contribution < 1.29 is 8.78 Å². The van der Waals surface area contributed by atoms with Crippen molar-refractivity contribution in [2.24, 2.45) is 0 Å². The number of aromatic nitrogens is 1. The normalized spacial score (nSPS) is 10.3. The molecule has 1 aromatic rings. The smallest absolute Gasteiger partial charge is 0.244 e. The second-order valence-corrected chi connectivity index (χ2v) is 3.03. The lowest BCUT2D eigenvalue weighted by Crippen LogP contribution is -1.98. The topological polar surface area (TPSA) is 36.7 Å². The van der Waals surface area contributed by atoms with Crippen molar-refractivity contribution in [3.8, 4) is 6.07 Å². The van der Waals surface area contributed by atoms with E-state index < -0.39 is 12.0 Å². The van der Waals surface area contributed by atoms with Crippen molar-refractivity contribution >= 4 is 23.2 Å². The van der Waals surface area contributed by atoms with Crippen molar-refractivity contribution in [1.29, 1.82) is 5.26 Å². The van der Waals surface area contributed by atoms with Crippen LogP contribution in [0.25, 0.3) is 0 Å². The van der Waals surface area contributed by atoms with Gasteiger partial charge in [-0.3, -0.25) is 0 Å². The highest BCUT2D eigenvalue weighted by atomic mass is 35.5. The van der Waals surface area contributed by atoms with E-state index in [-0.39, 0.29) is 22.2 Å². The highest BCUT2D eigenvalue weighted by Gasteiger charge is 2.18. The molecule has 0 aromatic carbocycles. The lowest BCUT2D eigenvalue weighted by Gasteiger charge is -2.06. The summed E-state index contributed by atoms with van der Waals surface area (Å²) in [6, 6.07) is 1.65. The van der Waals surface area contributed by atoms with Crippen LogP contribution >= 0.6 is 23.2 Å². The summed E-state index contributed by atoms with van der Waals surface area (Å²) in [6.45, 7) is 0. The maximum Gasteiger partial charge on any atom is 0.266 e. The molecule has 1 aromatic heterocycles. The Kier molecular flexibility index (Phi) is 3.62. The van der Waals surface area contributed by atoms with Crippen LogP contribution in [0.5, 0.6) is 0 Å². The molecule has 0 saturated heterocycles. The Labute approximate surface area is 89.1 Å². The quantitative estimate of drug-likeness (QED) is 0.584. The first-order chi connectivity index (χ1) is 6.61. The fourth-order valence-electron chi connectivity index (χ4n) is 0.965. The molecule has 2 nitrogen and oxygen atoms in total. The molecular weight excluding hydrogens is 233 g/mol. The minimum atomic E-state index is -2.75. The van der Waals surface area contributed by atoms with Crippen LogP contribution in [0, 0.1) is 11.3 Å². The number of hydrogen-bond acceptors (Lipinski definition) is 2. The zero-order valence-corrected chi connectivity index (χ0v) is 8.28. The fraction of sp³-hybridized carbons (Fsp3) is 0.250. The van der Waals surface area contributed by atoms with Gasteiger partial charge in [0.1, 0.15) is 11.2 Å². The van der Waals surface area contributed by atoms with E-state index >= 15 is 0 Å². The van der Waals surface area contributed by atoms with E-state index in [1.165, 1.54) is 0 Å². The number of pyridine rings is 1. The number of nitriles is 1. The van der Waals surface area contributed by atoms with Gasteiger partial charge in [0.2, 0.25) is 0 Å². The molecule has 0 amide bonds. The Morgan fingerprint density at radius 3 is 2.64 bits per heavy atom. The number of rotatable bonds is 2. The first-order valence-electron chi connectivity index (χ1n) is 3.53. The summed E-state index contributed by atoms with van der Waals surface area (Å²) in [5.74, 6) is -0.116. The first-order valence-corrected chi connectivity index (χ1v) is 4.44. The van der Waals surface area contributed by atoms with E-state index in [1.54, 1.807) is 6.07 Å². The lowest BCUT2D eigenvalue weighted by atomic mass is 10.1. The molecule has 0 aliphatic heterocycles. The molecule has 0 atom stereocenters. The summed E-state index contributed by atoms with van der Waals surface area (Å²) in [7, 11) is 0. The highest BCUT2D eigenvalue weighted by molar-refractivity contribution is 6.31. The van der Waals surface area contributed by atoms with Crippen molar-refractivity contribution in [1.82, 2.24) is 4.98 Å². The molecule has 0 bridgehead atoms.